The van der Waals surface area contributed by atoms with Crippen molar-refractivity contribution in [2.75, 3.05) is 14.2 Å². The molecule has 8 heteroatoms. The van der Waals surface area contributed by atoms with Crippen LogP contribution < -0.4 is 14.9 Å². The predicted molar refractivity (Wildman–Crippen MR) is 92.3 cm³/mol. The number of methoxy groups -OCH3 is 2. The number of hydrazone groups is 1. The molecule has 2 aromatic carbocycles. The number of hydrogen-bond acceptors (Lipinski definition) is 6. The first-order valence-corrected chi connectivity index (χ1v) is 7.27. The van der Waals surface area contributed by atoms with Gasteiger partial charge >= 0.3 is 0 Å². The predicted octanol–water partition coefficient (Wildman–Crippen LogP) is 2.77. The van der Waals surface area contributed by atoms with E-state index in [9.17, 15) is 14.9 Å². The molecule has 0 aliphatic carbocycles. The van der Waals surface area contributed by atoms with E-state index >= 15 is 0 Å². The summed E-state index contributed by atoms with van der Waals surface area (Å²) in [7, 11) is 3.08. The third kappa shape index (κ3) is 4.31. The van der Waals surface area contributed by atoms with Gasteiger partial charge in [0.2, 0.25) is 0 Å². The fraction of sp³-hybridized carbons (Fsp3) is 0.176. The van der Waals surface area contributed by atoms with Gasteiger partial charge in [0.15, 0.2) is 0 Å². The Balaban J connectivity index is 2.15. The summed E-state index contributed by atoms with van der Waals surface area (Å²) in [5, 5.41) is 14.7. The lowest BCUT2D eigenvalue weighted by molar-refractivity contribution is -0.384. The number of carbonyl (C=O) groups excluding carboxylic acids is 1. The van der Waals surface area contributed by atoms with Crippen molar-refractivity contribution >= 4 is 17.3 Å². The normalized spacial score (nSPS) is 10.9. The monoisotopic (exact) mass is 343 g/mol. The summed E-state index contributed by atoms with van der Waals surface area (Å²) >= 11 is 0. The minimum atomic E-state index is -0.528. The van der Waals surface area contributed by atoms with Crippen LogP contribution in [-0.4, -0.2) is 30.8 Å². The van der Waals surface area contributed by atoms with Crippen molar-refractivity contribution in [3.63, 3.8) is 0 Å². The summed E-state index contributed by atoms with van der Waals surface area (Å²) in [5.74, 6) is 0.732. The van der Waals surface area contributed by atoms with Crippen LogP contribution in [0.2, 0.25) is 0 Å². The van der Waals surface area contributed by atoms with Gasteiger partial charge < -0.3 is 9.47 Å². The number of hydrogen-bond donors (Lipinski definition) is 1. The van der Waals surface area contributed by atoms with Gasteiger partial charge in [-0.05, 0) is 31.2 Å². The quantitative estimate of drug-likeness (QED) is 0.493. The zero-order chi connectivity index (χ0) is 18.4. The van der Waals surface area contributed by atoms with E-state index in [4.69, 9.17) is 9.47 Å². The summed E-state index contributed by atoms with van der Waals surface area (Å²) in [6, 6.07) is 10.5. The molecule has 0 aliphatic rings. The largest absolute Gasteiger partial charge is 0.497 e. The standard InChI is InChI=1S/C17H17N3O5/c1-11(15-9-8-14(24-2)10-16(15)25-3)18-19-17(21)12-4-6-13(7-5-12)20(22)23/h4-10H,1-3H3,(H,19,21). The van der Waals surface area contributed by atoms with Gasteiger partial charge in [-0.15, -0.1) is 0 Å². The molecule has 2 rings (SSSR count). The molecule has 0 bridgehead atoms. The third-order valence-electron chi connectivity index (χ3n) is 3.46. The number of nitrogens with zero attached hydrogens (tertiary/aromatic N) is 2. The first-order valence-electron chi connectivity index (χ1n) is 7.27. The molecule has 0 aliphatic heterocycles. The highest BCUT2D eigenvalue weighted by Crippen LogP contribution is 2.25. The molecule has 0 heterocycles. The van der Waals surface area contributed by atoms with E-state index in [0.29, 0.717) is 22.8 Å². The Labute approximate surface area is 144 Å². The molecule has 0 unspecified atom stereocenters. The molecule has 0 spiro atoms. The number of nitro benzene ring substituents is 1. The number of nitro groups is 1. The van der Waals surface area contributed by atoms with Gasteiger partial charge in [-0.1, -0.05) is 0 Å². The van der Waals surface area contributed by atoms with Crippen molar-refractivity contribution in [2.45, 2.75) is 6.92 Å². The molecule has 0 saturated carbocycles. The van der Waals surface area contributed by atoms with E-state index in [0.717, 1.165) is 0 Å². The molecule has 1 amide bonds. The van der Waals surface area contributed by atoms with Gasteiger partial charge in [0, 0.05) is 29.3 Å². The lowest BCUT2D eigenvalue weighted by atomic mass is 10.1. The van der Waals surface area contributed by atoms with Crippen LogP contribution in [0.1, 0.15) is 22.8 Å². The van der Waals surface area contributed by atoms with Crippen molar-refractivity contribution < 1.29 is 19.2 Å². The van der Waals surface area contributed by atoms with Gasteiger partial charge in [-0.25, -0.2) is 5.43 Å². The van der Waals surface area contributed by atoms with Crippen LogP contribution in [0.4, 0.5) is 5.69 Å². The highest BCUT2D eigenvalue weighted by molar-refractivity contribution is 6.02. The van der Waals surface area contributed by atoms with Crippen LogP contribution >= 0.6 is 0 Å². The molecule has 25 heavy (non-hydrogen) atoms. The highest BCUT2D eigenvalue weighted by Gasteiger charge is 2.11. The van der Waals surface area contributed by atoms with E-state index in [1.807, 2.05) is 0 Å². The number of rotatable bonds is 6. The van der Waals surface area contributed by atoms with Crippen molar-refractivity contribution in [1.29, 1.82) is 0 Å². The second-order valence-electron chi connectivity index (χ2n) is 5.01. The molecule has 2 aromatic rings. The number of non-ortho nitro benzene ring substituents is 1. The number of benzene rings is 2. The number of carbonyl (C=O) groups is 1. The fourth-order valence-electron chi connectivity index (χ4n) is 2.09. The third-order valence-corrected chi connectivity index (χ3v) is 3.46. The fourth-order valence-corrected chi connectivity index (χ4v) is 2.09. The number of amides is 1. The first kappa shape index (κ1) is 17.9. The lowest BCUT2D eigenvalue weighted by Crippen LogP contribution is -2.19. The zero-order valence-electron chi connectivity index (χ0n) is 14.0. The van der Waals surface area contributed by atoms with Crippen LogP contribution in [0.5, 0.6) is 11.5 Å². The highest BCUT2D eigenvalue weighted by atomic mass is 16.6. The summed E-state index contributed by atoms with van der Waals surface area (Å²) in [6.07, 6.45) is 0. The zero-order valence-corrected chi connectivity index (χ0v) is 14.0. The Morgan fingerprint density at radius 2 is 1.80 bits per heavy atom. The summed E-state index contributed by atoms with van der Waals surface area (Å²) < 4.78 is 10.4. The molecule has 8 nitrogen and oxygen atoms in total. The van der Waals surface area contributed by atoms with Gasteiger partial charge in [0.25, 0.3) is 11.6 Å². The van der Waals surface area contributed by atoms with Gasteiger partial charge in [0.1, 0.15) is 11.5 Å². The Hall–Kier alpha value is -3.42. The SMILES string of the molecule is COc1ccc(C(C)=NNC(=O)c2ccc([N+](=O)[O-])cc2)c(OC)c1. The maximum atomic E-state index is 12.1. The maximum absolute atomic E-state index is 12.1. The molecule has 0 radical (unpaired) electrons. The van der Waals surface area contributed by atoms with Crippen LogP contribution in [-0.2, 0) is 0 Å². The topological polar surface area (TPSA) is 103 Å². The van der Waals surface area contributed by atoms with Crippen molar-refractivity contribution in [2.24, 2.45) is 5.10 Å². The number of ether oxygens (including phenoxy) is 2. The summed E-state index contributed by atoms with van der Waals surface area (Å²) in [6.45, 7) is 1.72. The molecular weight excluding hydrogens is 326 g/mol. The summed E-state index contributed by atoms with van der Waals surface area (Å²) in [5.41, 5.74) is 3.84. The minimum Gasteiger partial charge on any atom is -0.497 e. The van der Waals surface area contributed by atoms with E-state index in [2.05, 4.69) is 10.5 Å². The smallest absolute Gasteiger partial charge is 0.271 e. The molecule has 0 saturated heterocycles. The second kappa shape index (κ2) is 7.91. The molecule has 1 N–H and O–H groups in total. The van der Waals surface area contributed by atoms with Crippen LogP contribution in [0.25, 0.3) is 0 Å². The Bertz CT molecular complexity index is 816. The van der Waals surface area contributed by atoms with E-state index in [-0.39, 0.29) is 11.3 Å². The van der Waals surface area contributed by atoms with Crippen molar-refractivity contribution in [3.05, 3.63) is 63.7 Å². The van der Waals surface area contributed by atoms with Gasteiger partial charge in [0.05, 0.1) is 24.9 Å². The average molecular weight is 343 g/mol. The van der Waals surface area contributed by atoms with Crippen LogP contribution in [0, 0.1) is 10.1 Å². The summed E-state index contributed by atoms with van der Waals surface area (Å²) in [4.78, 5) is 22.2. The second-order valence-corrected chi connectivity index (χ2v) is 5.01. The average Bonchev–Trinajstić information content (AvgIpc) is 2.65. The molecule has 130 valence electrons. The van der Waals surface area contributed by atoms with Gasteiger partial charge in [-0.2, -0.15) is 5.10 Å². The van der Waals surface area contributed by atoms with E-state index < -0.39 is 10.8 Å². The molecular formula is C17H17N3O5. The molecule has 0 aromatic heterocycles. The van der Waals surface area contributed by atoms with Gasteiger partial charge in [-0.3, -0.25) is 14.9 Å². The minimum absolute atomic E-state index is 0.0841. The molecule has 0 fully saturated rings. The van der Waals surface area contributed by atoms with Crippen LogP contribution in [0.15, 0.2) is 47.6 Å². The van der Waals surface area contributed by atoms with Crippen molar-refractivity contribution in [1.82, 2.24) is 5.43 Å². The maximum Gasteiger partial charge on any atom is 0.271 e. The Morgan fingerprint density at radius 3 is 2.36 bits per heavy atom. The first-order chi connectivity index (χ1) is 12.0. The van der Waals surface area contributed by atoms with Crippen LogP contribution in [0.3, 0.4) is 0 Å². The lowest BCUT2D eigenvalue weighted by Gasteiger charge is -2.10. The van der Waals surface area contributed by atoms with Crippen molar-refractivity contribution in [3.8, 4) is 11.5 Å². The Morgan fingerprint density at radius 1 is 1.12 bits per heavy atom. The number of nitrogens with one attached hydrogen (secondary N) is 1. The Kier molecular flexibility index (Phi) is 5.67. The van der Waals surface area contributed by atoms with E-state index in [1.54, 1.807) is 32.2 Å². The molecule has 0 atom stereocenters. The van der Waals surface area contributed by atoms with E-state index in [1.165, 1.54) is 31.4 Å².